The van der Waals surface area contributed by atoms with E-state index in [2.05, 4.69) is 30.9 Å². The summed E-state index contributed by atoms with van der Waals surface area (Å²) < 4.78 is 5.47. The summed E-state index contributed by atoms with van der Waals surface area (Å²) in [5.41, 5.74) is 2.64. The van der Waals surface area contributed by atoms with Crippen LogP contribution in [0.1, 0.15) is 63.7 Å². The highest BCUT2D eigenvalue weighted by Gasteiger charge is 2.28. The van der Waals surface area contributed by atoms with Crippen LogP contribution >= 0.6 is 0 Å². The van der Waals surface area contributed by atoms with Crippen LogP contribution in [0.15, 0.2) is 16.8 Å². The van der Waals surface area contributed by atoms with E-state index in [1.165, 1.54) is 0 Å². The van der Waals surface area contributed by atoms with Gasteiger partial charge in [-0.3, -0.25) is 4.79 Å². The van der Waals surface area contributed by atoms with E-state index in [1.54, 1.807) is 6.92 Å². The average Bonchev–Trinajstić information content (AvgIpc) is 3.00. The predicted molar refractivity (Wildman–Crippen MR) is 95.2 cm³/mol. The normalized spacial score (nSPS) is 16.3. The van der Waals surface area contributed by atoms with Crippen molar-refractivity contribution in [3.05, 3.63) is 29.5 Å². The van der Waals surface area contributed by atoms with E-state index in [9.17, 15) is 4.79 Å². The molecule has 0 aromatic carbocycles. The lowest BCUT2D eigenvalue weighted by Crippen LogP contribution is -2.36. The smallest absolute Gasteiger partial charge is 0.219 e. The van der Waals surface area contributed by atoms with Crippen LogP contribution < -0.4 is 0 Å². The number of rotatable bonds is 2. The number of hydrogen-bond donors (Lipinski definition) is 0. The van der Waals surface area contributed by atoms with Crippen molar-refractivity contribution in [1.82, 2.24) is 20.0 Å². The number of carbonyl (C=O) groups excluding carboxylic acids is 1. The molecular formula is C19H26N4O2. The van der Waals surface area contributed by atoms with Gasteiger partial charge in [-0.25, -0.2) is 9.97 Å². The lowest BCUT2D eigenvalue weighted by molar-refractivity contribution is -0.129. The highest BCUT2D eigenvalue weighted by Crippen LogP contribution is 2.35. The molecule has 134 valence electrons. The zero-order valence-electron chi connectivity index (χ0n) is 15.7. The Morgan fingerprint density at radius 3 is 2.48 bits per heavy atom. The van der Waals surface area contributed by atoms with Crippen LogP contribution in [0.25, 0.3) is 11.3 Å². The van der Waals surface area contributed by atoms with Crippen molar-refractivity contribution in [1.29, 1.82) is 0 Å². The molecule has 0 atom stereocenters. The third kappa shape index (κ3) is 3.72. The number of aryl methyl sites for hydroxylation is 1. The molecule has 6 nitrogen and oxygen atoms in total. The van der Waals surface area contributed by atoms with Crippen LogP contribution in [0.4, 0.5) is 0 Å². The van der Waals surface area contributed by atoms with Crippen molar-refractivity contribution in [2.24, 2.45) is 0 Å². The molecular weight excluding hydrogens is 316 g/mol. The zero-order chi connectivity index (χ0) is 18.2. The van der Waals surface area contributed by atoms with Gasteiger partial charge in [0.1, 0.15) is 5.82 Å². The largest absolute Gasteiger partial charge is 0.356 e. The minimum absolute atomic E-state index is 0.120. The second-order valence-corrected chi connectivity index (χ2v) is 7.86. The Hall–Kier alpha value is -2.24. The van der Waals surface area contributed by atoms with Gasteiger partial charge in [-0.05, 0) is 19.8 Å². The fourth-order valence-corrected chi connectivity index (χ4v) is 3.22. The second kappa shape index (κ2) is 6.58. The Morgan fingerprint density at radius 2 is 1.96 bits per heavy atom. The molecule has 3 rings (SSSR count). The fourth-order valence-electron chi connectivity index (χ4n) is 3.22. The summed E-state index contributed by atoms with van der Waals surface area (Å²) in [5.74, 6) is 1.97. The number of piperidine rings is 1. The maximum absolute atomic E-state index is 11.6. The summed E-state index contributed by atoms with van der Waals surface area (Å²) in [6.45, 7) is 11.4. The molecule has 1 saturated heterocycles. The summed E-state index contributed by atoms with van der Waals surface area (Å²) in [5, 5.41) is 4.00. The molecule has 0 spiro atoms. The molecule has 1 aliphatic rings. The molecule has 2 aromatic heterocycles. The molecule has 2 aromatic rings. The second-order valence-electron chi connectivity index (χ2n) is 7.86. The SMILES string of the molecule is CC(=O)N1CCC(c2nc(C(C)(C)C)ncc2-c2cc(C)no2)CC1. The molecule has 1 aliphatic heterocycles. The average molecular weight is 342 g/mol. The van der Waals surface area contributed by atoms with Gasteiger partial charge in [0.05, 0.1) is 17.0 Å². The Morgan fingerprint density at radius 1 is 1.28 bits per heavy atom. The Balaban J connectivity index is 1.98. The van der Waals surface area contributed by atoms with Gasteiger partial charge in [0, 0.05) is 43.6 Å². The highest BCUT2D eigenvalue weighted by molar-refractivity contribution is 5.73. The summed E-state index contributed by atoms with van der Waals surface area (Å²) >= 11 is 0. The molecule has 6 heteroatoms. The Labute approximate surface area is 148 Å². The van der Waals surface area contributed by atoms with Gasteiger partial charge in [-0.1, -0.05) is 25.9 Å². The highest BCUT2D eigenvalue weighted by atomic mass is 16.5. The first-order valence-electron chi connectivity index (χ1n) is 8.82. The molecule has 0 unspecified atom stereocenters. The molecule has 0 aliphatic carbocycles. The Bertz CT molecular complexity index is 768. The topological polar surface area (TPSA) is 72.1 Å². The van der Waals surface area contributed by atoms with Gasteiger partial charge >= 0.3 is 0 Å². The van der Waals surface area contributed by atoms with Gasteiger partial charge in [0.15, 0.2) is 5.76 Å². The van der Waals surface area contributed by atoms with Gasteiger partial charge in [0.25, 0.3) is 0 Å². The van der Waals surface area contributed by atoms with Crippen molar-refractivity contribution in [2.45, 2.75) is 58.8 Å². The number of nitrogens with zero attached hydrogens (tertiary/aromatic N) is 4. The summed E-state index contributed by atoms with van der Waals surface area (Å²) in [6, 6.07) is 1.92. The number of carbonyl (C=O) groups is 1. The fraction of sp³-hybridized carbons (Fsp3) is 0.579. The lowest BCUT2D eigenvalue weighted by atomic mass is 9.89. The summed E-state index contributed by atoms with van der Waals surface area (Å²) in [4.78, 5) is 23.0. The van der Waals surface area contributed by atoms with E-state index in [0.717, 1.165) is 48.7 Å². The van der Waals surface area contributed by atoms with E-state index < -0.39 is 0 Å². The number of likely N-dealkylation sites (tertiary alicyclic amines) is 1. The molecule has 3 heterocycles. The van der Waals surface area contributed by atoms with Gasteiger partial charge in [-0.2, -0.15) is 0 Å². The summed E-state index contributed by atoms with van der Waals surface area (Å²) in [7, 11) is 0. The Kier molecular flexibility index (Phi) is 4.62. The van der Waals surface area contributed by atoms with Crippen LogP contribution in [0.2, 0.25) is 0 Å². The molecule has 0 N–H and O–H groups in total. The quantitative estimate of drug-likeness (QED) is 0.835. The van der Waals surface area contributed by atoms with Crippen LogP contribution in [0.5, 0.6) is 0 Å². The van der Waals surface area contributed by atoms with Gasteiger partial charge in [-0.15, -0.1) is 0 Å². The van der Waals surface area contributed by atoms with E-state index in [1.807, 2.05) is 24.1 Å². The van der Waals surface area contributed by atoms with Crippen LogP contribution in [-0.2, 0) is 10.2 Å². The molecule has 25 heavy (non-hydrogen) atoms. The minimum Gasteiger partial charge on any atom is -0.356 e. The van der Waals surface area contributed by atoms with E-state index in [0.29, 0.717) is 11.7 Å². The standard InChI is InChI=1S/C19H26N4O2/c1-12-10-16(25-22-12)15-11-20-18(19(3,4)5)21-17(15)14-6-8-23(9-7-14)13(2)24/h10-11,14H,6-9H2,1-5H3. The number of hydrogen-bond acceptors (Lipinski definition) is 5. The monoisotopic (exact) mass is 342 g/mol. The lowest BCUT2D eigenvalue weighted by Gasteiger charge is -2.32. The van der Waals surface area contributed by atoms with E-state index in [4.69, 9.17) is 9.51 Å². The molecule has 1 amide bonds. The van der Waals surface area contributed by atoms with E-state index in [-0.39, 0.29) is 11.3 Å². The van der Waals surface area contributed by atoms with Crippen molar-refractivity contribution in [3.63, 3.8) is 0 Å². The van der Waals surface area contributed by atoms with Crippen LogP contribution in [-0.4, -0.2) is 39.0 Å². The first kappa shape index (κ1) is 17.6. The first-order chi connectivity index (χ1) is 11.8. The number of amides is 1. The third-order valence-corrected chi connectivity index (χ3v) is 4.71. The predicted octanol–water partition coefficient (Wildman–Crippen LogP) is 3.46. The van der Waals surface area contributed by atoms with Crippen molar-refractivity contribution in [3.8, 4) is 11.3 Å². The van der Waals surface area contributed by atoms with Crippen LogP contribution in [0, 0.1) is 6.92 Å². The maximum Gasteiger partial charge on any atom is 0.219 e. The number of aromatic nitrogens is 3. The third-order valence-electron chi connectivity index (χ3n) is 4.71. The van der Waals surface area contributed by atoms with Crippen LogP contribution in [0.3, 0.4) is 0 Å². The maximum atomic E-state index is 11.6. The molecule has 0 saturated carbocycles. The van der Waals surface area contributed by atoms with Gasteiger partial charge < -0.3 is 9.42 Å². The van der Waals surface area contributed by atoms with Gasteiger partial charge in [0.2, 0.25) is 5.91 Å². The molecule has 0 radical (unpaired) electrons. The zero-order valence-corrected chi connectivity index (χ0v) is 15.7. The van der Waals surface area contributed by atoms with Crippen molar-refractivity contribution >= 4 is 5.91 Å². The molecule has 0 bridgehead atoms. The summed E-state index contributed by atoms with van der Waals surface area (Å²) in [6.07, 6.45) is 3.67. The molecule has 1 fully saturated rings. The minimum atomic E-state index is -0.120. The van der Waals surface area contributed by atoms with E-state index >= 15 is 0 Å². The van der Waals surface area contributed by atoms with Crippen molar-refractivity contribution < 1.29 is 9.32 Å². The first-order valence-corrected chi connectivity index (χ1v) is 8.82. The van der Waals surface area contributed by atoms with Crippen molar-refractivity contribution in [2.75, 3.05) is 13.1 Å².